The molecule has 0 spiro atoms. The minimum Gasteiger partial charge on any atom is -0.375 e. The first kappa shape index (κ1) is 11.9. The fraction of sp³-hybridized carbons (Fsp3) is 0.417. The standard InChI is InChI=1S/C12H15FN2O2/c1-8-12(11(14)16,6-7-17-8)15-10-5-3-2-4-9(10)13/h2-5,8,15H,6-7H2,1H3,(H2,14,16). The number of primary amides is 1. The van der Waals surface area contributed by atoms with Crippen LogP contribution in [0.4, 0.5) is 10.1 Å². The summed E-state index contributed by atoms with van der Waals surface area (Å²) in [7, 11) is 0. The molecule has 17 heavy (non-hydrogen) atoms. The van der Waals surface area contributed by atoms with Crippen molar-refractivity contribution in [3.63, 3.8) is 0 Å². The second kappa shape index (κ2) is 4.33. The second-order valence-corrected chi connectivity index (χ2v) is 4.20. The first-order valence-corrected chi connectivity index (χ1v) is 5.50. The Balaban J connectivity index is 2.31. The van der Waals surface area contributed by atoms with Gasteiger partial charge in [0.15, 0.2) is 0 Å². The molecule has 1 heterocycles. The molecule has 1 amide bonds. The van der Waals surface area contributed by atoms with E-state index in [0.717, 1.165) is 0 Å². The van der Waals surface area contributed by atoms with Crippen LogP contribution in [0.1, 0.15) is 13.3 Å². The van der Waals surface area contributed by atoms with Crippen LogP contribution in [0, 0.1) is 5.82 Å². The molecular formula is C12H15FN2O2. The molecule has 0 aromatic heterocycles. The van der Waals surface area contributed by atoms with E-state index in [9.17, 15) is 9.18 Å². The largest absolute Gasteiger partial charge is 0.375 e. The van der Waals surface area contributed by atoms with Crippen molar-refractivity contribution < 1.29 is 13.9 Å². The highest BCUT2D eigenvalue weighted by Crippen LogP contribution is 2.30. The first-order valence-electron chi connectivity index (χ1n) is 5.50. The lowest BCUT2D eigenvalue weighted by Crippen LogP contribution is -2.55. The molecule has 1 aliphatic rings. The van der Waals surface area contributed by atoms with Gasteiger partial charge in [-0.3, -0.25) is 4.79 Å². The Bertz CT molecular complexity index is 438. The highest BCUT2D eigenvalue weighted by Gasteiger charge is 2.47. The van der Waals surface area contributed by atoms with Crippen LogP contribution in [-0.2, 0) is 9.53 Å². The molecule has 2 atom stereocenters. The summed E-state index contributed by atoms with van der Waals surface area (Å²) < 4.78 is 18.9. The number of hydrogen-bond donors (Lipinski definition) is 2. The number of hydrogen-bond acceptors (Lipinski definition) is 3. The fourth-order valence-corrected chi connectivity index (χ4v) is 2.09. The summed E-state index contributed by atoms with van der Waals surface area (Å²) in [4.78, 5) is 11.6. The van der Waals surface area contributed by atoms with Crippen molar-refractivity contribution in [1.29, 1.82) is 0 Å². The van der Waals surface area contributed by atoms with Gasteiger partial charge in [-0.25, -0.2) is 4.39 Å². The zero-order valence-corrected chi connectivity index (χ0v) is 9.57. The molecule has 1 fully saturated rings. The maximum Gasteiger partial charge on any atom is 0.245 e. The van der Waals surface area contributed by atoms with Crippen molar-refractivity contribution in [3.8, 4) is 0 Å². The Hall–Kier alpha value is -1.62. The van der Waals surface area contributed by atoms with Gasteiger partial charge in [0.25, 0.3) is 0 Å². The number of halogens is 1. The van der Waals surface area contributed by atoms with E-state index in [1.807, 2.05) is 0 Å². The third-order valence-electron chi connectivity index (χ3n) is 3.23. The number of amides is 1. The number of carbonyl (C=O) groups is 1. The smallest absolute Gasteiger partial charge is 0.245 e. The molecule has 0 aliphatic carbocycles. The Labute approximate surface area is 98.9 Å². The van der Waals surface area contributed by atoms with Gasteiger partial charge in [0.2, 0.25) is 5.91 Å². The topological polar surface area (TPSA) is 64.3 Å². The van der Waals surface area contributed by atoms with Crippen LogP contribution in [0.5, 0.6) is 0 Å². The van der Waals surface area contributed by atoms with Gasteiger partial charge in [-0.05, 0) is 19.1 Å². The van der Waals surface area contributed by atoms with Gasteiger partial charge >= 0.3 is 0 Å². The van der Waals surface area contributed by atoms with Crippen LogP contribution in [-0.4, -0.2) is 24.2 Å². The number of nitrogens with one attached hydrogen (secondary N) is 1. The van der Waals surface area contributed by atoms with Gasteiger partial charge in [0.1, 0.15) is 11.4 Å². The Kier molecular flexibility index (Phi) is 3.02. The highest BCUT2D eigenvalue weighted by atomic mass is 19.1. The second-order valence-electron chi connectivity index (χ2n) is 4.20. The summed E-state index contributed by atoms with van der Waals surface area (Å²) in [5.74, 6) is -0.932. The normalized spacial score (nSPS) is 28.0. The monoisotopic (exact) mass is 238 g/mol. The molecular weight excluding hydrogens is 223 g/mol. The van der Waals surface area contributed by atoms with Crippen molar-refractivity contribution in [2.45, 2.75) is 25.0 Å². The molecule has 0 radical (unpaired) electrons. The van der Waals surface area contributed by atoms with Crippen LogP contribution in [0.15, 0.2) is 24.3 Å². The number of benzene rings is 1. The lowest BCUT2D eigenvalue weighted by Gasteiger charge is -2.31. The van der Waals surface area contributed by atoms with Crippen LogP contribution in [0.2, 0.25) is 0 Å². The molecule has 92 valence electrons. The SMILES string of the molecule is CC1OCCC1(Nc1ccccc1F)C(N)=O. The molecule has 1 saturated heterocycles. The maximum absolute atomic E-state index is 13.5. The highest BCUT2D eigenvalue weighted by molar-refractivity contribution is 5.89. The van der Waals surface area contributed by atoms with Gasteiger partial charge in [-0.15, -0.1) is 0 Å². The molecule has 2 rings (SSSR count). The number of carbonyl (C=O) groups excluding carboxylic acids is 1. The van der Waals surface area contributed by atoms with E-state index in [1.165, 1.54) is 6.07 Å². The summed E-state index contributed by atoms with van der Waals surface area (Å²) in [6.45, 7) is 2.19. The number of ether oxygens (including phenoxy) is 1. The predicted octanol–water partition coefficient (Wildman–Crippen LogP) is 1.27. The van der Waals surface area contributed by atoms with Gasteiger partial charge in [0.05, 0.1) is 11.8 Å². The van der Waals surface area contributed by atoms with E-state index in [1.54, 1.807) is 25.1 Å². The average Bonchev–Trinajstić information content (AvgIpc) is 2.65. The van der Waals surface area contributed by atoms with E-state index in [4.69, 9.17) is 10.5 Å². The van der Waals surface area contributed by atoms with Crippen LogP contribution in [0.25, 0.3) is 0 Å². The maximum atomic E-state index is 13.5. The zero-order chi connectivity index (χ0) is 12.5. The van der Waals surface area contributed by atoms with Gasteiger partial charge in [0, 0.05) is 13.0 Å². The molecule has 0 bridgehead atoms. The van der Waals surface area contributed by atoms with Crippen LogP contribution in [0.3, 0.4) is 0 Å². The molecule has 4 nitrogen and oxygen atoms in total. The fourth-order valence-electron chi connectivity index (χ4n) is 2.09. The zero-order valence-electron chi connectivity index (χ0n) is 9.57. The van der Waals surface area contributed by atoms with E-state index < -0.39 is 17.3 Å². The summed E-state index contributed by atoms with van der Waals surface area (Å²) in [6.07, 6.45) is 0.0669. The predicted molar refractivity (Wildman–Crippen MR) is 62.0 cm³/mol. The van der Waals surface area contributed by atoms with Gasteiger partial charge in [-0.2, -0.15) is 0 Å². The number of anilines is 1. The molecule has 5 heteroatoms. The minimum absolute atomic E-state index is 0.267. The minimum atomic E-state index is -1.03. The average molecular weight is 238 g/mol. The summed E-state index contributed by atoms with van der Waals surface area (Å²) >= 11 is 0. The quantitative estimate of drug-likeness (QED) is 0.833. The summed E-state index contributed by atoms with van der Waals surface area (Å²) in [6, 6.07) is 6.19. The molecule has 0 saturated carbocycles. The third-order valence-corrected chi connectivity index (χ3v) is 3.23. The van der Waals surface area contributed by atoms with E-state index in [0.29, 0.717) is 13.0 Å². The Morgan fingerprint density at radius 3 is 2.82 bits per heavy atom. The Morgan fingerprint density at radius 2 is 2.29 bits per heavy atom. The number of nitrogens with two attached hydrogens (primary N) is 1. The molecule has 1 aromatic carbocycles. The number of para-hydroxylation sites is 1. The van der Waals surface area contributed by atoms with Crippen LogP contribution < -0.4 is 11.1 Å². The van der Waals surface area contributed by atoms with E-state index in [2.05, 4.69) is 5.32 Å². The lowest BCUT2D eigenvalue weighted by atomic mass is 9.90. The van der Waals surface area contributed by atoms with Crippen molar-refractivity contribution in [3.05, 3.63) is 30.1 Å². The van der Waals surface area contributed by atoms with Gasteiger partial charge in [-0.1, -0.05) is 12.1 Å². The first-order chi connectivity index (χ1) is 8.06. The Morgan fingerprint density at radius 1 is 1.59 bits per heavy atom. The summed E-state index contributed by atoms with van der Waals surface area (Å²) in [5.41, 5.74) is 4.66. The molecule has 1 aliphatic heterocycles. The third kappa shape index (κ3) is 1.98. The van der Waals surface area contributed by atoms with Crippen molar-refractivity contribution in [1.82, 2.24) is 0 Å². The van der Waals surface area contributed by atoms with Crippen LogP contribution >= 0.6 is 0 Å². The number of rotatable bonds is 3. The van der Waals surface area contributed by atoms with Gasteiger partial charge < -0.3 is 15.8 Å². The summed E-state index contributed by atoms with van der Waals surface area (Å²) in [5, 5.41) is 2.90. The van der Waals surface area contributed by atoms with Crippen molar-refractivity contribution in [2.75, 3.05) is 11.9 Å². The molecule has 3 N–H and O–H groups in total. The molecule has 2 unspecified atom stereocenters. The van der Waals surface area contributed by atoms with Crippen molar-refractivity contribution >= 4 is 11.6 Å². The molecule has 1 aromatic rings. The van der Waals surface area contributed by atoms with E-state index >= 15 is 0 Å². The van der Waals surface area contributed by atoms with Crippen molar-refractivity contribution in [2.24, 2.45) is 5.73 Å². The van der Waals surface area contributed by atoms with E-state index in [-0.39, 0.29) is 11.8 Å². The lowest BCUT2D eigenvalue weighted by molar-refractivity contribution is -0.123.